The molecule has 1 N–H and O–H groups in total. The van der Waals surface area contributed by atoms with Crippen molar-refractivity contribution in [2.45, 2.75) is 77.2 Å². The maximum Gasteiger partial charge on any atom is 0.156 e. The summed E-state index contributed by atoms with van der Waals surface area (Å²) in [5.41, 5.74) is -2.12. The van der Waals surface area contributed by atoms with Gasteiger partial charge in [-0.15, -0.1) is 0 Å². The van der Waals surface area contributed by atoms with Crippen molar-refractivity contribution in [2.24, 2.45) is 34.0 Å². The Bertz CT molecular complexity index is 706. The molecule has 0 unspecified atom stereocenters. The molecule has 7 atom stereocenters. The zero-order valence-corrected chi connectivity index (χ0v) is 15.3. The van der Waals surface area contributed by atoms with Crippen molar-refractivity contribution in [1.29, 1.82) is 10.5 Å². The number of rotatable bonds is 0. The van der Waals surface area contributed by atoms with Crippen LogP contribution < -0.4 is 0 Å². The van der Waals surface area contributed by atoms with Crippen molar-refractivity contribution in [2.75, 3.05) is 0 Å². The van der Waals surface area contributed by atoms with Crippen LogP contribution in [-0.2, 0) is 4.79 Å². The van der Waals surface area contributed by atoms with Crippen LogP contribution in [0.2, 0.25) is 0 Å². The Kier molecular flexibility index (Phi) is 3.46. The molecule has 4 aliphatic carbocycles. The third-order valence-electron chi connectivity index (χ3n) is 9.23. The van der Waals surface area contributed by atoms with E-state index < -0.39 is 11.0 Å². The topological polar surface area (TPSA) is 84.9 Å². The molecule has 0 aromatic carbocycles. The fraction of sp³-hybridized carbons (Fsp3) is 0.857. The van der Waals surface area contributed by atoms with Gasteiger partial charge in [0.15, 0.2) is 5.60 Å². The molecule has 0 aliphatic heterocycles. The molecule has 4 fully saturated rings. The van der Waals surface area contributed by atoms with Crippen LogP contribution in [-0.4, -0.2) is 16.5 Å². The van der Waals surface area contributed by atoms with Gasteiger partial charge in [-0.05, 0) is 68.1 Å². The number of ketones is 1. The second-order valence-corrected chi connectivity index (χ2v) is 9.71. The molecule has 134 valence electrons. The lowest BCUT2D eigenvalue weighted by atomic mass is 9.40. The summed E-state index contributed by atoms with van der Waals surface area (Å²) in [4.78, 5) is 12.1. The molecule has 25 heavy (non-hydrogen) atoms. The number of fused-ring (bicyclic) bond motifs is 5. The smallest absolute Gasteiger partial charge is 0.156 e. The number of carbonyl (C=O) groups is 1. The Labute approximate surface area is 150 Å². The van der Waals surface area contributed by atoms with Crippen LogP contribution in [0.25, 0.3) is 0 Å². The van der Waals surface area contributed by atoms with Crippen LogP contribution in [0.1, 0.15) is 71.6 Å². The highest BCUT2D eigenvalue weighted by atomic mass is 16.3. The minimum Gasteiger partial charge on any atom is -0.375 e. The predicted molar refractivity (Wildman–Crippen MR) is 91.9 cm³/mol. The molecule has 0 bridgehead atoms. The highest BCUT2D eigenvalue weighted by molar-refractivity contribution is 5.81. The molecule has 4 aliphatic rings. The Hall–Kier alpha value is -1.39. The first-order valence-corrected chi connectivity index (χ1v) is 9.82. The van der Waals surface area contributed by atoms with E-state index in [-0.39, 0.29) is 16.6 Å². The predicted octanol–water partition coefficient (Wildman–Crippen LogP) is 3.75. The van der Waals surface area contributed by atoms with Crippen molar-refractivity contribution in [3.63, 3.8) is 0 Å². The van der Waals surface area contributed by atoms with Crippen molar-refractivity contribution in [3.05, 3.63) is 0 Å². The number of nitriles is 2. The van der Waals surface area contributed by atoms with Crippen molar-refractivity contribution < 1.29 is 9.90 Å². The fourth-order valence-corrected chi connectivity index (χ4v) is 7.50. The summed E-state index contributed by atoms with van der Waals surface area (Å²) < 4.78 is 0. The number of aliphatic hydroxyl groups is 1. The molecular formula is C21H28N2O2. The molecule has 4 nitrogen and oxygen atoms in total. The Morgan fingerprint density at radius 3 is 2.32 bits per heavy atom. The Balaban J connectivity index is 1.72. The Morgan fingerprint density at radius 2 is 1.64 bits per heavy atom. The van der Waals surface area contributed by atoms with Crippen LogP contribution >= 0.6 is 0 Å². The van der Waals surface area contributed by atoms with Crippen LogP contribution in [0.3, 0.4) is 0 Å². The van der Waals surface area contributed by atoms with Gasteiger partial charge >= 0.3 is 0 Å². The molecule has 0 aromatic rings. The SMILES string of the molecule is C[C@]12CCC(=O)C[C@@]1(C#N)CC[C@H]1[C@H]2CC[C@]2(C)[C@@H]1CC[C@@]2(O)C#N. The molecular weight excluding hydrogens is 312 g/mol. The van der Waals surface area contributed by atoms with Crippen molar-refractivity contribution in [1.82, 2.24) is 0 Å². The monoisotopic (exact) mass is 340 g/mol. The maximum atomic E-state index is 12.1. The molecule has 0 amide bonds. The standard InChI is InChI=1S/C21H28N2O2/c1-18-7-3-14(24)11-20(18,12-22)9-4-15-16(18)5-8-19(2)17(15)6-10-21(19,25)13-23/h15-17,25H,3-11H2,1-2H3/t15-,16+,17+,18+,19+,20+,21+/m0/s1. The van der Waals surface area contributed by atoms with Gasteiger partial charge in [0.2, 0.25) is 0 Å². The second kappa shape index (κ2) is 5.08. The van der Waals surface area contributed by atoms with Gasteiger partial charge in [-0.1, -0.05) is 13.8 Å². The second-order valence-electron chi connectivity index (χ2n) is 9.71. The molecule has 0 saturated heterocycles. The number of hydrogen-bond acceptors (Lipinski definition) is 4. The maximum absolute atomic E-state index is 12.1. The summed E-state index contributed by atoms with van der Waals surface area (Å²) in [6.07, 6.45) is 6.92. The number of nitrogens with zero attached hydrogens (tertiary/aromatic N) is 2. The summed E-state index contributed by atoms with van der Waals surface area (Å²) in [5, 5.41) is 30.5. The molecule has 0 spiro atoms. The van der Waals surface area contributed by atoms with E-state index in [1.54, 1.807) is 0 Å². The van der Waals surface area contributed by atoms with E-state index in [0.717, 1.165) is 38.5 Å². The minimum atomic E-state index is -1.20. The van der Waals surface area contributed by atoms with Crippen molar-refractivity contribution in [3.8, 4) is 12.1 Å². The van der Waals surface area contributed by atoms with Gasteiger partial charge in [-0.3, -0.25) is 4.79 Å². The Morgan fingerprint density at radius 1 is 0.960 bits per heavy atom. The lowest BCUT2D eigenvalue weighted by molar-refractivity contribution is -0.161. The molecule has 0 radical (unpaired) electrons. The lowest BCUT2D eigenvalue weighted by Crippen LogP contribution is -2.59. The number of Topliss-reactive ketones (excluding diaryl/α,β-unsaturated/α-hetero) is 1. The van der Waals surface area contributed by atoms with E-state index in [0.29, 0.717) is 37.0 Å². The van der Waals surface area contributed by atoms with E-state index in [1.165, 1.54) is 0 Å². The van der Waals surface area contributed by atoms with E-state index >= 15 is 0 Å². The van der Waals surface area contributed by atoms with Crippen LogP contribution in [0.15, 0.2) is 0 Å². The van der Waals surface area contributed by atoms with Gasteiger partial charge in [-0.25, -0.2) is 0 Å². The summed E-state index contributed by atoms with van der Waals surface area (Å²) in [7, 11) is 0. The van der Waals surface area contributed by atoms with Gasteiger partial charge in [-0.2, -0.15) is 10.5 Å². The first-order valence-electron chi connectivity index (χ1n) is 9.82. The number of hydrogen-bond donors (Lipinski definition) is 1. The van der Waals surface area contributed by atoms with E-state index in [9.17, 15) is 20.4 Å². The summed E-state index contributed by atoms with van der Waals surface area (Å²) in [5.74, 6) is 1.52. The summed E-state index contributed by atoms with van der Waals surface area (Å²) >= 11 is 0. The van der Waals surface area contributed by atoms with Gasteiger partial charge in [0.25, 0.3) is 0 Å². The molecule has 0 aromatic heterocycles. The zero-order valence-electron chi connectivity index (χ0n) is 15.3. The third-order valence-corrected chi connectivity index (χ3v) is 9.23. The van der Waals surface area contributed by atoms with Gasteiger partial charge in [0.05, 0.1) is 17.6 Å². The number of carbonyl (C=O) groups excluding carboxylic acids is 1. The normalized spacial score (nSPS) is 54.6. The largest absolute Gasteiger partial charge is 0.375 e. The fourth-order valence-electron chi connectivity index (χ4n) is 7.50. The zero-order chi connectivity index (χ0) is 18.1. The quantitative estimate of drug-likeness (QED) is 0.681. The average molecular weight is 340 g/mol. The highest BCUT2D eigenvalue weighted by Gasteiger charge is 2.68. The van der Waals surface area contributed by atoms with Crippen LogP contribution in [0, 0.1) is 56.7 Å². The van der Waals surface area contributed by atoms with E-state index in [4.69, 9.17) is 0 Å². The first-order chi connectivity index (χ1) is 11.8. The molecule has 4 heteroatoms. The van der Waals surface area contributed by atoms with Crippen LogP contribution in [0.5, 0.6) is 0 Å². The first kappa shape index (κ1) is 17.0. The van der Waals surface area contributed by atoms with Gasteiger partial charge in [0.1, 0.15) is 5.78 Å². The lowest BCUT2D eigenvalue weighted by Gasteiger charge is -2.63. The van der Waals surface area contributed by atoms with E-state index in [2.05, 4.69) is 26.0 Å². The summed E-state index contributed by atoms with van der Waals surface area (Å²) in [6.45, 7) is 4.37. The molecule has 0 heterocycles. The minimum absolute atomic E-state index is 0.104. The molecule has 4 saturated carbocycles. The average Bonchev–Trinajstić information content (AvgIpc) is 2.87. The highest BCUT2D eigenvalue weighted by Crippen LogP contribution is 2.70. The van der Waals surface area contributed by atoms with Gasteiger partial charge < -0.3 is 5.11 Å². The third kappa shape index (κ3) is 1.87. The van der Waals surface area contributed by atoms with Crippen LogP contribution in [0.4, 0.5) is 0 Å². The van der Waals surface area contributed by atoms with Gasteiger partial charge in [0, 0.05) is 18.3 Å². The summed E-state index contributed by atoms with van der Waals surface area (Å²) in [6, 6.07) is 4.82. The van der Waals surface area contributed by atoms with E-state index in [1.807, 2.05) is 0 Å². The molecule has 4 rings (SSSR count). The van der Waals surface area contributed by atoms with Crippen molar-refractivity contribution >= 4 is 5.78 Å².